The Hall–Kier alpha value is -2.18. The van der Waals surface area contributed by atoms with Crippen LogP contribution in [0.25, 0.3) is 0 Å². The van der Waals surface area contributed by atoms with E-state index in [9.17, 15) is 21.6 Å². The van der Waals surface area contributed by atoms with Crippen molar-refractivity contribution in [2.24, 2.45) is 0 Å². The molecule has 0 bridgehead atoms. The number of hydrogen-bond acceptors (Lipinski definition) is 5. The lowest BCUT2D eigenvalue weighted by molar-refractivity contribution is -0.121. The molecule has 2 N–H and O–H groups in total. The molecule has 3 aromatic carbocycles. The van der Waals surface area contributed by atoms with Gasteiger partial charge in [-0.15, -0.1) is 0 Å². The van der Waals surface area contributed by atoms with E-state index in [1.807, 2.05) is 6.92 Å². The summed E-state index contributed by atoms with van der Waals surface area (Å²) in [5.74, 6) is -0.643. The highest BCUT2D eigenvalue weighted by atomic mass is 35.5. The van der Waals surface area contributed by atoms with E-state index >= 15 is 0 Å². The maximum atomic E-state index is 13.4. The maximum Gasteiger partial charge on any atom is 0.243 e. The lowest BCUT2D eigenvalue weighted by Crippen LogP contribution is -2.42. The second-order valence-electron chi connectivity index (χ2n) is 7.99. The second-order valence-corrected chi connectivity index (χ2v) is 12.9. The van der Waals surface area contributed by atoms with Crippen LogP contribution in [0.1, 0.15) is 11.1 Å². The van der Waals surface area contributed by atoms with E-state index in [2.05, 4.69) is 10.0 Å². The summed E-state index contributed by atoms with van der Waals surface area (Å²) in [6.07, 6.45) is 0. The minimum Gasteiger partial charge on any atom is -0.354 e. The van der Waals surface area contributed by atoms with Crippen LogP contribution in [0.15, 0.2) is 76.5 Å². The minimum atomic E-state index is -4.15. The molecule has 0 saturated carbocycles. The summed E-state index contributed by atoms with van der Waals surface area (Å²) in [6, 6.07) is 16.6. The van der Waals surface area contributed by atoms with Gasteiger partial charge in [-0.1, -0.05) is 58.6 Å². The Labute approximate surface area is 231 Å². The Morgan fingerprint density at radius 3 is 1.97 bits per heavy atom. The zero-order chi connectivity index (χ0) is 27.2. The van der Waals surface area contributed by atoms with Gasteiger partial charge >= 0.3 is 0 Å². The van der Waals surface area contributed by atoms with Crippen LogP contribution in [0.4, 0.5) is 0 Å². The Kier molecular flexibility index (Phi) is 9.99. The van der Waals surface area contributed by atoms with E-state index in [4.69, 9.17) is 34.8 Å². The van der Waals surface area contributed by atoms with Crippen LogP contribution in [0.3, 0.4) is 0 Å². The van der Waals surface area contributed by atoms with Crippen molar-refractivity contribution in [3.8, 4) is 0 Å². The highest BCUT2D eigenvalue weighted by Gasteiger charge is 2.28. The molecule has 0 radical (unpaired) electrons. The number of nitrogens with zero attached hydrogens (tertiary/aromatic N) is 1. The average molecular weight is 605 g/mol. The molecule has 13 heteroatoms. The molecule has 3 rings (SSSR count). The molecule has 0 heterocycles. The van der Waals surface area contributed by atoms with Gasteiger partial charge in [0.1, 0.15) is 0 Å². The maximum absolute atomic E-state index is 13.4. The predicted molar refractivity (Wildman–Crippen MR) is 145 cm³/mol. The van der Waals surface area contributed by atoms with Gasteiger partial charge < -0.3 is 5.32 Å². The van der Waals surface area contributed by atoms with Crippen molar-refractivity contribution >= 4 is 60.8 Å². The lowest BCUT2D eigenvalue weighted by atomic mass is 10.2. The molecular weight excluding hydrogens is 581 g/mol. The summed E-state index contributed by atoms with van der Waals surface area (Å²) in [4.78, 5) is 12.7. The molecule has 8 nitrogen and oxygen atoms in total. The zero-order valence-electron chi connectivity index (χ0n) is 19.6. The van der Waals surface area contributed by atoms with Gasteiger partial charge in [0.15, 0.2) is 0 Å². The van der Waals surface area contributed by atoms with Gasteiger partial charge in [-0.3, -0.25) is 4.79 Å². The molecule has 0 spiro atoms. The van der Waals surface area contributed by atoms with Gasteiger partial charge in [-0.25, -0.2) is 21.6 Å². The number of rotatable bonds is 11. The minimum absolute atomic E-state index is 0.0639. The Morgan fingerprint density at radius 2 is 1.38 bits per heavy atom. The topological polar surface area (TPSA) is 113 Å². The number of benzene rings is 3. The van der Waals surface area contributed by atoms with Gasteiger partial charge in [0.25, 0.3) is 0 Å². The summed E-state index contributed by atoms with van der Waals surface area (Å²) in [5.41, 5.74) is 1.25. The molecule has 1 amide bonds. The van der Waals surface area contributed by atoms with E-state index in [0.717, 1.165) is 9.87 Å². The van der Waals surface area contributed by atoms with Crippen LogP contribution in [-0.4, -0.2) is 46.7 Å². The van der Waals surface area contributed by atoms with Crippen molar-refractivity contribution in [1.29, 1.82) is 0 Å². The van der Waals surface area contributed by atoms with E-state index in [-0.39, 0.29) is 39.5 Å². The van der Waals surface area contributed by atoms with E-state index < -0.39 is 32.5 Å². The third-order valence-electron chi connectivity index (χ3n) is 5.24. The summed E-state index contributed by atoms with van der Waals surface area (Å²) in [7, 11) is -7.91. The fourth-order valence-corrected chi connectivity index (χ4v) is 6.28. The second kappa shape index (κ2) is 12.6. The molecule has 3 aromatic rings. The number of carbonyl (C=O) groups is 1. The molecule has 37 heavy (non-hydrogen) atoms. The fourth-order valence-electron chi connectivity index (χ4n) is 3.25. The zero-order valence-corrected chi connectivity index (χ0v) is 23.5. The van der Waals surface area contributed by atoms with Crippen molar-refractivity contribution in [2.75, 3.05) is 19.6 Å². The Morgan fingerprint density at radius 1 is 0.811 bits per heavy atom. The summed E-state index contributed by atoms with van der Waals surface area (Å²) in [6.45, 7) is 0.859. The van der Waals surface area contributed by atoms with Crippen molar-refractivity contribution in [2.45, 2.75) is 23.3 Å². The molecule has 0 unspecified atom stereocenters. The lowest BCUT2D eigenvalue weighted by Gasteiger charge is -2.23. The molecule has 0 aliphatic carbocycles. The van der Waals surface area contributed by atoms with E-state index in [1.165, 1.54) is 36.4 Å². The van der Waals surface area contributed by atoms with Gasteiger partial charge in [0.2, 0.25) is 26.0 Å². The number of hydrogen-bond donors (Lipinski definition) is 2. The van der Waals surface area contributed by atoms with Crippen LogP contribution < -0.4 is 10.0 Å². The van der Waals surface area contributed by atoms with E-state index in [1.54, 1.807) is 30.3 Å². The number of amides is 1. The standard InChI is InChI=1S/C24H24Cl3N3O5S2/c1-17-5-9-19(10-6-17)36(32,33)29-14-13-28-24(31)16-30(15-21-22(26)3-2-4-23(21)27)37(34,35)20-11-7-18(25)8-12-20/h2-12,29H,13-16H2,1H3,(H,28,31). The van der Waals surface area contributed by atoms with Crippen LogP contribution in [0.5, 0.6) is 0 Å². The van der Waals surface area contributed by atoms with Crippen LogP contribution in [0, 0.1) is 6.92 Å². The molecule has 0 fully saturated rings. The number of sulfonamides is 2. The van der Waals surface area contributed by atoms with E-state index in [0.29, 0.717) is 10.6 Å². The van der Waals surface area contributed by atoms with Crippen LogP contribution in [0.2, 0.25) is 15.1 Å². The molecule has 0 saturated heterocycles. The summed E-state index contributed by atoms with van der Waals surface area (Å²) < 4.78 is 54.9. The predicted octanol–water partition coefficient (Wildman–Crippen LogP) is 4.24. The normalized spacial score (nSPS) is 12.0. The van der Waals surface area contributed by atoms with Crippen LogP contribution >= 0.6 is 34.8 Å². The molecule has 0 aliphatic rings. The number of halogens is 3. The van der Waals surface area contributed by atoms with Crippen molar-refractivity contribution in [3.05, 3.63) is 92.9 Å². The van der Waals surface area contributed by atoms with Gasteiger partial charge in [-0.2, -0.15) is 4.31 Å². The average Bonchev–Trinajstić information content (AvgIpc) is 2.84. The monoisotopic (exact) mass is 603 g/mol. The van der Waals surface area contributed by atoms with Gasteiger partial charge in [0, 0.05) is 40.3 Å². The van der Waals surface area contributed by atoms with Gasteiger partial charge in [0.05, 0.1) is 16.3 Å². The summed E-state index contributed by atoms with van der Waals surface area (Å²) >= 11 is 18.4. The number of aryl methyl sites for hydroxylation is 1. The quantitative estimate of drug-likeness (QED) is 0.318. The first-order chi connectivity index (χ1) is 17.4. The first kappa shape index (κ1) is 29.4. The molecule has 0 atom stereocenters. The van der Waals surface area contributed by atoms with Crippen molar-refractivity contribution in [1.82, 2.24) is 14.3 Å². The smallest absolute Gasteiger partial charge is 0.243 e. The largest absolute Gasteiger partial charge is 0.354 e. The first-order valence-electron chi connectivity index (χ1n) is 10.9. The molecule has 198 valence electrons. The highest BCUT2D eigenvalue weighted by molar-refractivity contribution is 7.89. The SMILES string of the molecule is Cc1ccc(S(=O)(=O)NCCNC(=O)CN(Cc2c(Cl)cccc2Cl)S(=O)(=O)c2ccc(Cl)cc2)cc1. The summed E-state index contributed by atoms with van der Waals surface area (Å²) in [5, 5.41) is 3.38. The van der Waals surface area contributed by atoms with Gasteiger partial charge in [-0.05, 0) is 55.5 Å². The Bertz CT molecular complexity index is 1440. The number of carbonyl (C=O) groups excluding carboxylic acids is 1. The Balaban J connectivity index is 1.71. The number of nitrogens with one attached hydrogen (secondary N) is 2. The highest BCUT2D eigenvalue weighted by Crippen LogP contribution is 2.28. The molecular formula is C24H24Cl3N3O5S2. The van der Waals surface area contributed by atoms with Crippen LogP contribution in [-0.2, 0) is 31.4 Å². The first-order valence-corrected chi connectivity index (χ1v) is 15.0. The third-order valence-corrected chi connectivity index (χ3v) is 9.48. The van der Waals surface area contributed by atoms with Crippen molar-refractivity contribution in [3.63, 3.8) is 0 Å². The molecule has 0 aromatic heterocycles. The third kappa shape index (κ3) is 7.90. The van der Waals surface area contributed by atoms with Crippen molar-refractivity contribution < 1.29 is 21.6 Å². The molecule has 0 aliphatic heterocycles. The fraction of sp³-hybridized carbons (Fsp3) is 0.208.